The summed E-state index contributed by atoms with van der Waals surface area (Å²) in [5.74, 6) is 0. The van der Waals surface area contributed by atoms with E-state index >= 15 is 0 Å². The number of hydrogen-bond acceptors (Lipinski definition) is 2. The van der Waals surface area contributed by atoms with Crippen molar-refractivity contribution in [3.63, 3.8) is 0 Å². The van der Waals surface area contributed by atoms with Crippen LogP contribution in [0.3, 0.4) is 0 Å². The van der Waals surface area contributed by atoms with E-state index in [0.717, 1.165) is 24.0 Å². The molecule has 2 nitrogen and oxygen atoms in total. The van der Waals surface area contributed by atoms with Crippen LogP contribution in [0.2, 0.25) is 0 Å². The van der Waals surface area contributed by atoms with Crippen molar-refractivity contribution in [1.82, 2.24) is 4.98 Å². The predicted octanol–water partition coefficient (Wildman–Crippen LogP) is 3.66. The molecule has 0 amide bonds. The Morgan fingerprint density at radius 2 is 1.80 bits per heavy atom. The van der Waals surface area contributed by atoms with E-state index < -0.39 is 17.3 Å². The number of aromatic nitrogens is 1. The summed E-state index contributed by atoms with van der Waals surface area (Å²) in [7, 11) is 0. The quantitative estimate of drug-likeness (QED) is 0.911. The summed E-state index contributed by atoms with van der Waals surface area (Å²) < 4.78 is 39.1. The van der Waals surface area contributed by atoms with E-state index in [1.165, 1.54) is 6.92 Å². The minimum absolute atomic E-state index is 0.252. The molecule has 1 heterocycles. The zero-order valence-electron chi connectivity index (χ0n) is 11.1. The minimum atomic E-state index is -4.54. The summed E-state index contributed by atoms with van der Waals surface area (Å²) in [5.41, 5.74) is -1.63. The van der Waals surface area contributed by atoms with Gasteiger partial charge in [0.15, 0.2) is 0 Å². The number of alkyl halides is 3. The average Bonchev–Trinajstić information content (AvgIpc) is 2.38. The van der Waals surface area contributed by atoms with E-state index in [0.29, 0.717) is 5.56 Å². The molecule has 0 saturated heterocycles. The summed E-state index contributed by atoms with van der Waals surface area (Å²) in [6, 6.07) is 7.64. The molecule has 1 aromatic carbocycles. The fourth-order valence-electron chi connectivity index (χ4n) is 2.13. The van der Waals surface area contributed by atoms with Gasteiger partial charge in [0.1, 0.15) is 5.60 Å². The first-order valence-electron chi connectivity index (χ1n) is 6.04. The van der Waals surface area contributed by atoms with Gasteiger partial charge in [-0.15, -0.1) is 0 Å². The molecule has 1 unspecified atom stereocenters. The van der Waals surface area contributed by atoms with Crippen LogP contribution < -0.4 is 0 Å². The second-order valence-corrected chi connectivity index (χ2v) is 4.86. The average molecular weight is 281 g/mol. The minimum Gasteiger partial charge on any atom is -0.381 e. The molecule has 0 bridgehead atoms. The third-order valence-corrected chi connectivity index (χ3v) is 3.23. The molecule has 2 aromatic rings. The summed E-state index contributed by atoms with van der Waals surface area (Å²) in [5, 5.41) is 10.6. The number of nitrogens with zero attached hydrogens (tertiary/aromatic N) is 1. The Morgan fingerprint density at radius 1 is 1.10 bits per heavy atom. The van der Waals surface area contributed by atoms with Gasteiger partial charge < -0.3 is 5.11 Å². The Hall–Kier alpha value is -1.88. The lowest BCUT2D eigenvalue weighted by molar-refractivity contribution is -0.140. The smallest absolute Gasteiger partial charge is 0.381 e. The molecular weight excluding hydrogens is 267 g/mol. The molecule has 2 rings (SSSR count). The number of halogens is 3. The topological polar surface area (TPSA) is 33.1 Å². The predicted molar refractivity (Wildman–Crippen MR) is 69.1 cm³/mol. The van der Waals surface area contributed by atoms with Crippen molar-refractivity contribution < 1.29 is 18.3 Å². The monoisotopic (exact) mass is 281 g/mol. The second kappa shape index (κ2) is 4.90. The van der Waals surface area contributed by atoms with E-state index in [9.17, 15) is 18.3 Å². The highest BCUT2D eigenvalue weighted by atomic mass is 19.4. The van der Waals surface area contributed by atoms with Gasteiger partial charge >= 0.3 is 6.18 Å². The number of aliphatic hydroxyl groups is 1. The molecule has 5 heteroatoms. The van der Waals surface area contributed by atoms with Gasteiger partial charge in [-0.1, -0.05) is 29.8 Å². The molecule has 1 aromatic heterocycles. The van der Waals surface area contributed by atoms with Crippen molar-refractivity contribution in [2.75, 3.05) is 0 Å². The van der Waals surface area contributed by atoms with Crippen molar-refractivity contribution in [3.8, 4) is 0 Å². The number of pyridine rings is 1. The molecule has 0 aliphatic carbocycles. The lowest BCUT2D eigenvalue weighted by atomic mass is 9.85. The second-order valence-electron chi connectivity index (χ2n) is 4.86. The Morgan fingerprint density at radius 3 is 2.40 bits per heavy atom. The van der Waals surface area contributed by atoms with Crippen molar-refractivity contribution >= 4 is 0 Å². The lowest BCUT2D eigenvalue weighted by Gasteiger charge is -2.27. The van der Waals surface area contributed by atoms with Crippen molar-refractivity contribution in [2.45, 2.75) is 25.6 Å². The van der Waals surface area contributed by atoms with Gasteiger partial charge in [-0.2, -0.15) is 13.2 Å². The van der Waals surface area contributed by atoms with Crippen LogP contribution in [-0.4, -0.2) is 10.1 Å². The normalized spacial score (nSPS) is 14.9. The standard InChI is InChI=1S/C15H14F3NO/c1-10-4-3-5-11(8-10)14(2,20)13-9-19-7-6-12(13)15(16,17)18/h3-9,20H,1-2H3. The summed E-state index contributed by atoms with van der Waals surface area (Å²) in [6.07, 6.45) is -2.41. The summed E-state index contributed by atoms with van der Waals surface area (Å²) in [4.78, 5) is 3.71. The maximum Gasteiger partial charge on any atom is 0.416 e. The largest absolute Gasteiger partial charge is 0.416 e. The number of hydrogen-bond donors (Lipinski definition) is 1. The van der Waals surface area contributed by atoms with Gasteiger partial charge in [-0.3, -0.25) is 4.98 Å². The Bertz CT molecular complexity index is 621. The Kier molecular flexibility index (Phi) is 3.56. The fraction of sp³-hybridized carbons (Fsp3) is 0.267. The Balaban J connectivity index is 2.61. The van der Waals surface area contributed by atoms with Crippen LogP contribution in [0.25, 0.3) is 0 Å². The Labute approximate surface area is 114 Å². The number of benzene rings is 1. The van der Waals surface area contributed by atoms with Gasteiger partial charge in [0.25, 0.3) is 0 Å². The molecule has 0 spiro atoms. The zero-order chi connectivity index (χ0) is 15.0. The first kappa shape index (κ1) is 14.5. The molecule has 0 saturated carbocycles. The van der Waals surface area contributed by atoms with Crippen LogP contribution in [0, 0.1) is 6.92 Å². The SMILES string of the molecule is Cc1cccc(C(C)(O)c2cnccc2C(F)(F)F)c1. The number of rotatable bonds is 2. The maximum absolute atomic E-state index is 13.0. The van der Waals surface area contributed by atoms with E-state index in [1.807, 2.05) is 13.0 Å². The van der Waals surface area contributed by atoms with Crippen LogP contribution in [0.4, 0.5) is 13.2 Å². The molecule has 106 valence electrons. The first-order chi connectivity index (χ1) is 9.23. The highest BCUT2D eigenvalue weighted by Crippen LogP contribution is 2.39. The molecule has 0 fully saturated rings. The van der Waals surface area contributed by atoms with Crippen LogP contribution in [-0.2, 0) is 11.8 Å². The molecule has 20 heavy (non-hydrogen) atoms. The molecule has 0 aliphatic heterocycles. The van der Waals surface area contributed by atoms with Crippen molar-refractivity contribution in [1.29, 1.82) is 0 Å². The summed E-state index contributed by atoms with van der Waals surface area (Å²) in [6.45, 7) is 3.15. The summed E-state index contributed by atoms with van der Waals surface area (Å²) >= 11 is 0. The van der Waals surface area contributed by atoms with Gasteiger partial charge in [-0.25, -0.2) is 0 Å². The molecule has 0 radical (unpaired) electrons. The molecular formula is C15H14F3NO. The lowest BCUT2D eigenvalue weighted by Crippen LogP contribution is -2.27. The van der Waals surface area contributed by atoms with Crippen LogP contribution >= 0.6 is 0 Å². The van der Waals surface area contributed by atoms with Crippen LogP contribution in [0.5, 0.6) is 0 Å². The van der Waals surface area contributed by atoms with Crippen molar-refractivity contribution in [2.24, 2.45) is 0 Å². The third kappa shape index (κ3) is 2.67. The van der Waals surface area contributed by atoms with E-state index in [-0.39, 0.29) is 5.56 Å². The first-order valence-corrected chi connectivity index (χ1v) is 6.04. The van der Waals surface area contributed by atoms with Gasteiger partial charge in [0, 0.05) is 18.0 Å². The van der Waals surface area contributed by atoms with Crippen LogP contribution in [0.1, 0.15) is 29.2 Å². The fourth-order valence-corrected chi connectivity index (χ4v) is 2.13. The van der Waals surface area contributed by atoms with Crippen LogP contribution in [0.15, 0.2) is 42.7 Å². The van der Waals surface area contributed by atoms with Gasteiger partial charge in [0.05, 0.1) is 5.56 Å². The third-order valence-electron chi connectivity index (χ3n) is 3.23. The molecule has 0 aliphatic rings. The van der Waals surface area contributed by atoms with E-state index in [1.54, 1.807) is 18.2 Å². The zero-order valence-corrected chi connectivity index (χ0v) is 11.1. The number of aryl methyl sites for hydroxylation is 1. The van der Waals surface area contributed by atoms with Gasteiger partial charge in [0.2, 0.25) is 0 Å². The molecule has 1 N–H and O–H groups in total. The highest BCUT2D eigenvalue weighted by molar-refractivity contribution is 5.40. The van der Waals surface area contributed by atoms with Crippen molar-refractivity contribution in [3.05, 3.63) is 65.0 Å². The van der Waals surface area contributed by atoms with Gasteiger partial charge in [-0.05, 0) is 25.5 Å². The molecule has 1 atom stereocenters. The maximum atomic E-state index is 13.0. The highest BCUT2D eigenvalue weighted by Gasteiger charge is 2.39. The van der Waals surface area contributed by atoms with E-state index in [4.69, 9.17) is 0 Å². The van der Waals surface area contributed by atoms with E-state index in [2.05, 4.69) is 4.98 Å².